The summed E-state index contributed by atoms with van der Waals surface area (Å²) in [6, 6.07) is 8.27. The summed E-state index contributed by atoms with van der Waals surface area (Å²) in [4.78, 5) is 10.7. The van der Waals surface area contributed by atoms with Crippen molar-refractivity contribution in [3.8, 4) is 11.8 Å². The van der Waals surface area contributed by atoms with Gasteiger partial charge in [0, 0.05) is 12.5 Å². The van der Waals surface area contributed by atoms with Crippen LogP contribution in [0.2, 0.25) is 0 Å². The summed E-state index contributed by atoms with van der Waals surface area (Å²) in [5.74, 6) is 6.66. The lowest BCUT2D eigenvalue weighted by atomic mass is 9.86. The molecule has 1 aromatic rings. The molecule has 0 amide bonds. The quantitative estimate of drug-likeness (QED) is 0.704. The van der Waals surface area contributed by atoms with Crippen molar-refractivity contribution in [2.75, 3.05) is 5.75 Å². The summed E-state index contributed by atoms with van der Waals surface area (Å²) in [5, 5.41) is 0.114. The Bertz CT molecular complexity index is 458. The van der Waals surface area contributed by atoms with Crippen LogP contribution >= 0.6 is 11.8 Å². The third-order valence-corrected chi connectivity index (χ3v) is 3.00. The molecule has 0 saturated carbocycles. The Morgan fingerprint density at radius 1 is 1.35 bits per heavy atom. The van der Waals surface area contributed by atoms with Gasteiger partial charge >= 0.3 is 0 Å². The first kappa shape index (κ1) is 13.9. The van der Waals surface area contributed by atoms with Crippen LogP contribution in [-0.4, -0.2) is 10.9 Å². The van der Waals surface area contributed by atoms with Crippen LogP contribution in [0.5, 0.6) is 0 Å². The average Bonchev–Trinajstić information content (AvgIpc) is 2.23. The Labute approximate surface area is 108 Å². The maximum atomic E-state index is 10.7. The number of hydrogen-bond donors (Lipinski definition) is 0. The molecule has 1 aromatic carbocycles. The van der Waals surface area contributed by atoms with Gasteiger partial charge in [-0.15, -0.1) is 0 Å². The molecule has 0 bridgehead atoms. The van der Waals surface area contributed by atoms with E-state index in [2.05, 4.69) is 44.7 Å². The van der Waals surface area contributed by atoms with Crippen LogP contribution in [-0.2, 0) is 10.2 Å². The minimum atomic E-state index is 0.114. The van der Waals surface area contributed by atoms with Gasteiger partial charge in [0.25, 0.3) is 0 Å². The lowest BCUT2D eigenvalue weighted by molar-refractivity contribution is -0.109. The highest BCUT2D eigenvalue weighted by Crippen LogP contribution is 2.22. The first-order chi connectivity index (χ1) is 7.89. The van der Waals surface area contributed by atoms with Gasteiger partial charge in [-0.1, -0.05) is 56.5 Å². The van der Waals surface area contributed by atoms with Gasteiger partial charge in [-0.05, 0) is 23.1 Å². The predicted molar refractivity (Wildman–Crippen MR) is 75.2 cm³/mol. The topological polar surface area (TPSA) is 17.1 Å². The molecule has 0 radical (unpaired) electrons. The van der Waals surface area contributed by atoms with Gasteiger partial charge in [-0.25, -0.2) is 0 Å². The molecule has 0 N–H and O–H groups in total. The van der Waals surface area contributed by atoms with Gasteiger partial charge in [0.2, 0.25) is 0 Å². The molecule has 0 fully saturated rings. The summed E-state index contributed by atoms with van der Waals surface area (Å²) < 4.78 is 0. The second-order valence-corrected chi connectivity index (χ2v) is 6.07. The fourth-order valence-electron chi connectivity index (χ4n) is 1.34. The second-order valence-electron chi connectivity index (χ2n) is 4.91. The van der Waals surface area contributed by atoms with Crippen molar-refractivity contribution >= 4 is 16.9 Å². The van der Waals surface area contributed by atoms with Crippen molar-refractivity contribution in [2.45, 2.75) is 33.1 Å². The van der Waals surface area contributed by atoms with Gasteiger partial charge in [0.1, 0.15) is 0 Å². The van der Waals surface area contributed by atoms with Crippen LogP contribution < -0.4 is 0 Å². The number of thioether (sulfide) groups is 1. The number of carbonyl (C=O) groups excluding carboxylic acids is 1. The molecule has 0 heterocycles. The van der Waals surface area contributed by atoms with Crippen LogP contribution in [0.1, 0.15) is 38.8 Å². The molecular formula is C15H18OS. The summed E-state index contributed by atoms with van der Waals surface area (Å²) in [5.41, 5.74) is 2.44. The van der Waals surface area contributed by atoms with Crippen molar-refractivity contribution in [1.82, 2.24) is 0 Å². The summed E-state index contributed by atoms with van der Waals surface area (Å²) in [6.07, 6.45) is 0. The number of carbonyl (C=O) groups is 1. The van der Waals surface area contributed by atoms with E-state index in [1.807, 2.05) is 12.1 Å². The van der Waals surface area contributed by atoms with Gasteiger partial charge in [-0.3, -0.25) is 4.79 Å². The largest absolute Gasteiger partial charge is 0.288 e. The maximum absolute atomic E-state index is 10.7. The highest BCUT2D eigenvalue weighted by Gasteiger charge is 2.12. The third-order valence-electron chi connectivity index (χ3n) is 2.31. The Balaban J connectivity index is 2.76. The minimum absolute atomic E-state index is 0.114. The van der Waals surface area contributed by atoms with Crippen molar-refractivity contribution in [3.05, 3.63) is 35.4 Å². The van der Waals surface area contributed by atoms with E-state index in [0.29, 0.717) is 5.75 Å². The van der Waals surface area contributed by atoms with Crippen LogP contribution in [0.3, 0.4) is 0 Å². The molecular weight excluding hydrogens is 228 g/mol. The standard InChI is InChI=1S/C15H18OS/c1-12(16)17-10-6-8-13-7-5-9-14(11-13)15(2,3)4/h5,7,9,11H,10H2,1-4H3. The zero-order valence-electron chi connectivity index (χ0n) is 10.8. The van der Waals surface area contributed by atoms with E-state index in [1.54, 1.807) is 6.92 Å². The van der Waals surface area contributed by atoms with E-state index in [0.717, 1.165) is 5.56 Å². The van der Waals surface area contributed by atoms with E-state index >= 15 is 0 Å². The first-order valence-corrected chi connectivity index (χ1v) is 6.61. The predicted octanol–water partition coefficient (Wildman–Crippen LogP) is 3.62. The molecule has 0 saturated heterocycles. The second kappa shape index (κ2) is 5.93. The molecule has 0 unspecified atom stereocenters. The number of rotatable bonds is 1. The Morgan fingerprint density at radius 2 is 2.06 bits per heavy atom. The molecule has 1 rings (SSSR count). The Kier molecular flexibility index (Phi) is 4.84. The van der Waals surface area contributed by atoms with Crippen LogP contribution in [0.4, 0.5) is 0 Å². The highest BCUT2D eigenvalue weighted by atomic mass is 32.2. The summed E-state index contributed by atoms with van der Waals surface area (Å²) >= 11 is 1.25. The van der Waals surface area contributed by atoms with E-state index in [4.69, 9.17) is 0 Å². The van der Waals surface area contributed by atoms with Crippen molar-refractivity contribution in [3.63, 3.8) is 0 Å². The van der Waals surface area contributed by atoms with Crippen LogP contribution in [0.25, 0.3) is 0 Å². The lowest BCUT2D eigenvalue weighted by Crippen LogP contribution is -2.10. The van der Waals surface area contributed by atoms with E-state index in [1.165, 1.54) is 17.3 Å². The van der Waals surface area contributed by atoms with Gasteiger partial charge in [0.15, 0.2) is 5.12 Å². The maximum Gasteiger partial charge on any atom is 0.186 e. The first-order valence-electron chi connectivity index (χ1n) is 5.62. The molecule has 2 heteroatoms. The molecule has 0 atom stereocenters. The third kappa shape index (κ3) is 5.10. The molecule has 1 nitrogen and oxygen atoms in total. The molecule has 0 aliphatic heterocycles. The molecule has 0 spiro atoms. The van der Waals surface area contributed by atoms with Crippen molar-refractivity contribution < 1.29 is 4.79 Å². The fourth-order valence-corrected chi connectivity index (χ4v) is 1.69. The zero-order valence-corrected chi connectivity index (χ0v) is 11.6. The Morgan fingerprint density at radius 3 is 2.65 bits per heavy atom. The Hall–Kier alpha value is -1.20. The lowest BCUT2D eigenvalue weighted by Gasteiger charge is -2.18. The normalized spacial score (nSPS) is 10.6. The van der Waals surface area contributed by atoms with Crippen LogP contribution in [0, 0.1) is 11.8 Å². The van der Waals surface area contributed by atoms with E-state index < -0.39 is 0 Å². The minimum Gasteiger partial charge on any atom is -0.288 e. The average molecular weight is 246 g/mol. The number of hydrogen-bond acceptors (Lipinski definition) is 2. The SMILES string of the molecule is CC(=O)SCC#Cc1cccc(C(C)(C)C)c1. The smallest absolute Gasteiger partial charge is 0.186 e. The zero-order chi connectivity index (χ0) is 12.9. The van der Waals surface area contributed by atoms with E-state index in [9.17, 15) is 4.79 Å². The molecule has 0 aromatic heterocycles. The van der Waals surface area contributed by atoms with Crippen molar-refractivity contribution in [1.29, 1.82) is 0 Å². The van der Waals surface area contributed by atoms with Gasteiger partial charge in [-0.2, -0.15) is 0 Å². The van der Waals surface area contributed by atoms with Gasteiger partial charge in [0.05, 0.1) is 5.75 Å². The fraction of sp³-hybridized carbons (Fsp3) is 0.400. The summed E-state index contributed by atoms with van der Waals surface area (Å²) in [6.45, 7) is 8.12. The molecule has 0 aliphatic carbocycles. The molecule has 17 heavy (non-hydrogen) atoms. The van der Waals surface area contributed by atoms with Gasteiger partial charge < -0.3 is 0 Å². The molecule has 0 aliphatic rings. The monoisotopic (exact) mass is 246 g/mol. The number of benzene rings is 1. The molecule has 90 valence electrons. The van der Waals surface area contributed by atoms with Crippen molar-refractivity contribution in [2.24, 2.45) is 0 Å². The van der Waals surface area contributed by atoms with E-state index in [-0.39, 0.29) is 10.5 Å². The van der Waals surface area contributed by atoms with Crippen LogP contribution in [0.15, 0.2) is 24.3 Å². The highest BCUT2D eigenvalue weighted by molar-refractivity contribution is 8.13. The summed E-state index contributed by atoms with van der Waals surface area (Å²) in [7, 11) is 0.